The number of hydrogen-bond donors (Lipinski definition) is 0. The smallest absolute Gasteiger partial charge is 0.223 e. The van der Waals surface area contributed by atoms with Gasteiger partial charge >= 0.3 is 0 Å². The quantitative estimate of drug-likeness (QED) is 0.435. The van der Waals surface area contributed by atoms with Crippen molar-refractivity contribution in [2.75, 3.05) is 13.1 Å². The third-order valence-corrected chi connectivity index (χ3v) is 5.05. The first kappa shape index (κ1) is 18.9. The zero-order valence-electron chi connectivity index (χ0n) is 16.1. The van der Waals surface area contributed by atoms with Crippen LogP contribution >= 0.6 is 0 Å². The molecule has 1 atom stereocenters. The van der Waals surface area contributed by atoms with Crippen molar-refractivity contribution in [1.29, 1.82) is 0 Å². The number of carbonyl (C=O) groups is 1. The minimum Gasteiger partial charge on any atom is -0.451 e. The Morgan fingerprint density at radius 2 is 1.83 bits per heavy atom. The van der Waals surface area contributed by atoms with Gasteiger partial charge in [-0.25, -0.2) is 4.98 Å². The first-order valence-electron chi connectivity index (χ1n) is 9.73. The van der Waals surface area contributed by atoms with Crippen molar-refractivity contribution in [3.05, 3.63) is 90.1 Å². The van der Waals surface area contributed by atoms with Gasteiger partial charge in [-0.3, -0.25) is 4.79 Å². The van der Waals surface area contributed by atoms with Crippen LogP contribution in [0, 0.1) is 5.92 Å². The van der Waals surface area contributed by atoms with E-state index >= 15 is 0 Å². The van der Waals surface area contributed by atoms with Gasteiger partial charge in [0.1, 0.15) is 24.3 Å². The molecule has 6 nitrogen and oxygen atoms in total. The zero-order valence-corrected chi connectivity index (χ0v) is 16.1. The number of likely N-dealkylation sites (tertiary alicyclic amines) is 1. The number of carbonyl (C=O) groups excluding carboxylic acids is 1. The molecule has 1 aliphatic rings. The fourth-order valence-corrected chi connectivity index (χ4v) is 3.50. The van der Waals surface area contributed by atoms with Gasteiger partial charge in [-0.2, -0.15) is 0 Å². The molecule has 3 aromatic rings. The van der Waals surface area contributed by atoms with Gasteiger partial charge < -0.3 is 14.2 Å². The molecule has 1 fully saturated rings. The highest BCUT2D eigenvalue weighted by Crippen LogP contribution is 2.23. The van der Waals surface area contributed by atoms with E-state index in [0.29, 0.717) is 37.5 Å². The normalized spacial score (nSPS) is 17.0. The second kappa shape index (κ2) is 9.19. The highest BCUT2D eigenvalue weighted by molar-refractivity contribution is 6.03. The third kappa shape index (κ3) is 4.90. The highest BCUT2D eigenvalue weighted by Gasteiger charge is 2.34. The molecule has 1 aromatic heterocycles. The molecule has 0 saturated carbocycles. The van der Waals surface area contributed by atoms with Crippen molar-refractivity contribution in [1.82, 2.24) is 9.88 Å². The molecule has 0 spiro atoms. The molecule has 2 aromatic carbocycles. The molecule has 2 heterocycles. The number of oxime groups is 1. The van der Waals surface area contributed by atoms with E-state index < -0.39 is 0 Å². The number of benzene rings is 2. The van der Waals surface area contributed by atoms with Crippen LogP contribution in [0.5, 0.6) is 0 Å². The summed E-state index contributed by atoms with van der Waals surface area (Å²) in [6, 6.07) is 20.0. The summed E-state index contributed by atoms with van der Waals surface area (Å²) in [6.07, 6.45) is 4.14. The van der Waals surface area contributed by atoms with Gasteiger partial charge in [-0.1, -0.05) is 65.8 Å². The number of aromatic nitrogens is 1. The molecule has 148 valence electrons. The van der Waals surface area contributed by atoms with Crippen LogP contribution in [0.25, 0.3) is 0 Å². The van der Waals surface area contributed by atoms with E-state index in [1.165, 1.54) is 12.0 Å². The van der Waals surface area contributed by atoms with E-state index in [-0.39, 0.29) is 11.8 Å². The molecular weight excluding hydrogens is 366 g/mol. The van der Waals surface area contributed by atoms with Gasteiger partial charge in [-0.15, -0.1) is 0 Å². The van der Waals surface area contributed by atoms with Crippen LogP contribution in [0.1, 0.15) is 23.2 Å². The fourth-order valence-electron chi connectivity index (χ4n) is 3.50. The van der Waals surface area contributed by atoms with Crippen molar-refractivity contribution < 1.29 is 14.0 Å². The third-order valence-electron chi connectivity index (χ3n) is 5.05. The average Bonchev–Trinajstić information content (AvgIpc) is 3.41. The summed E-state index contributed by atoms with van der Waals surface area (Å²) in [5.74, 6) is 0.0596. The van der Waals surface area contributed by atoms with Crippen molar-refractivity contribution in [2.24, 2.45) is 11.1 Å². The van der Waals surface area contributed by atoms with Gasteiger partial charge in [-0.05, 0) is 17.5 Å². The Kier molecular flexibility index (Phi) is 6.00. The highest BCUT2D eigenvalue weighted by atomic mass is 16.6. The summed E-state index contributed by atoms with van der Waals surface area (Å²) in [6.45, 7) is 1.66. The van der Waals surface area contributed by atoms with Gasteiger partial charge in [0.05, 0.1) is 0 Å². The topological polar surface area (TPSA) is 67.9 Å². The average molecular weight is 389 g/mol. The van der Waals surface area contributed by atoms with Crippen molar-refractivity contribution in [3.63, 3.8) is 0 Å². The molecule has 4 rings (SSSR count). The molecule has 0 unspecified atom stereocenters. The monoisotopic (exact) mass is 389 g/mol. The van der Waals surface area contributed by atoms with Crippen LogP contribution in [0.3, 0.4) is 0 Å². The molecular formula is C23H23N3O3. The lowest BCUT2D eigenvalue weighted by atomic mass is 10.0. The second-order valence-electron chi connectivity index (χ2n) is 7.09. The molecule has 1 saturated heterocycles. The maximum absolute atomic E-state index is 12.6. The van der Waals surface area contributed by atoms with Crippen LogP contribution in [0.2, 0.25) is 0 Å². The van der Waals surface area contributed by atoms with Gasteiger partial charge in [0, 0.05) is 25.4 Å². The first-order chi connectivity index (χ1) is 14.3. The number of nitrogens with zero attached hydrogens (tertiary/aromatic N) is 3. The van der Waals surface area contributed by atoms with E-state index in [2.05, 4.69) is 22.3 Å². The summed E-state index contributed by atoms with van der Waals surface area (Å²) < 4.78 is 5.13. The molecule has 1 amide bonds. The Bertz CT molecular complexity index is 940. The van der Waals surface area contributed by atoms with Gasteiger partial charge in [0.25, 0.3) is 0 Å². The van der Waals surface area contributed by atoms with Crippen LogP contribution in [0.4, 0.5) is 0 Å². The van der Waals surface area contributed by atoms with Crippen molar-refractivity contribution in [3.8, 4) is 0 Å². The number of amides is 1. The summed E-state index contributed by atoms with van der Waals surface area (Å²) in [4.78, 5) is 24.3. The second-order valence-corrected chi connectivity index (χ2v) is 7.09. The molecule has 29 heavy (non-hydrogen) atoms. The zero-order chi connectivity index (χ0) is 19.9. The van der Waals surface area contributed by atoms with E-state index in [0.717, 1.165) is 12.0 Å². The lowest BCUT2D eigenvalue weighted by molar-refractivity contribution is -0.127. The largest absolute Gasteiger partial charge is 0.451 e. The predicted molar refractivity (Wildman–Crippen MR) is 109 cm³/mol. The SMILES string of the molecule is O=C1C[C@H](C(=NOCc2ccccc2)c2cocn2)CN1CCc1ccccc1. The van der Waals surface area contributed by atoms with Crippen molar-refractivity contribution in [2.45, 2.75) is 19.4 Å². The van der Waals surface area contributed by atoms with Crippen LogP contribution in [0.15, 0.2) is 82.9 Å². The Balaban J connectivity index is 1.42. The van der Waals surface area contributed by atoms with E-state index in [4.69, 9.17) is 9.25 Å². The summed E-state index contributed by atoms with van der Waals surface area (Å²) in [5.41, 5.74) is 3.52. The fraction of sp³-hybridized carbons (Fsp3) is 0.261. The molecule has 1 aliphatic heterocycles. The summed E-state index contributed by atoms with van der Waals surface area (Å²) >= 11 is 0. The van der Waals surface area contributed by atoms with Gasteiger partial charge in [0.15, 0.2) is 6.39 Å². The standard InChI is InChI=1S/C23H23N3O3/c27-22-13-20(14-26(22)12-11-18-7-3-1-4-8-18)23(21-16-28-17-24-21)25-29-15-19-9-5-2-6-10-19/h1-10,16-17,20H,11-15H2/t20-/m0/s1. The van der Waals surface area contributed by atoms with E-state index in [1.807, 2.05) is 53.4 Å². The van der Waals surface area contributed by atoms with Crippen LogP contribution in [-0.2, 0) is 22.7 Å². The maximum atomic E-state index is 12.6. The summed E-state index contributed by atoms with van der Waals surface area (Å²) in [7, 11) is 0. The minimum atomic E-state index is -0.0702. The summed E-state index contributed by atoms with van der Waals surface area (Å²) in [5, 5.41) is 4.35. The molecule has 0 N–H and O–H groups in total. The molecule has 0 aliphatic carbocycles. The molecule has 0 bridgehead atoms. The Labute approximate surface area is 169 Å². The molecule has 6 heteroatoms. The molecule has 0 radical (unpaired) electrons. The van der Waals surface area contributed by atoms with E-state index in [1.54, 1.807) is 6.26 Å². The number of oxazole rings is 1. The minimum absolute atomic E-state index is 0.0702. The lowest BCUT2D eigenvalue weighted by Gasteiger charge is -2.17. The predicted octanol–water partition coefficient (Wildman–Crippen LogP) is 3.69. The Morgan fingerprint density at radius 1 is 1.10 bits per heavy atom. The first-order valence-corrected chi connectivity index (χ1v) is 9.73. The van der Waals surface area contributed by atoms with Crippen LogP contribution < -0.4 is 0 Å². The maximum Gasteiger partial charge on any atom is 0.223 e. The van der Waals surface area contributed by atoms with Crippen molar-refractivity contribution >= 4 is 11.6 Å². The Hall–Kier alpha value is -3.41. The lowest BCUT2D eigenvalue weighted by Crippen LogP contribution is -2.28. The Morgan fingerprint density at radius 3 is 2.52 bits per heavy atom. The number of hydrogen-bond acceptors (Lipinski definition) is 5. The van der Waals surface area contributed by atoms with Crippen LogP contribution in [-0.4, -0.2) is 34.6 Å². The number of rotatable bonds is 8. The van der Waals surface area contributed by atoms with E-state index in [9.17, 15) is 4.79 Å². The van der Waals surface area contributed by atoms with Gasteiger partial charge in [0.2, 0.25) is 5.91 Å².